The maximum atomic E-state index is 7.20. The Bertz CT molecular complexity index is 549. The van der Waals surface area contributed by atoms with Gasteiger partial charge in [0.25, 0.3) is 0 Å². The first-order valence-electron chi connectivity index (χ1n) is 7.85. The average Bonchev–Trinajstić information content (AvgIpc) is 2.53. The Hall–Kier alpha value is -1.02. The van der Waals surface area contributed by atoms with Crippen LogP contribution >= 0.6 is 0 Å². The van der Waals surface area contributed by atoms with Crippen molar-refractivity contribution in [1.82, 2.24) is 0 Å². The van der Waals surface area contributed by atoms with E-state index >= 15 is 0 Å². The van der Waals surface area contributed by atoms with Crippen molar-refractivity contribution in [3.8, 4) is 0 Å². The van der Waals surface area contributed by atoms with E-state index in [0.717, 1.165) is 5.56 Å². The van der Waals surface area contributed by atoms with Crippen molar-refractivity contribution >= 4 is 0 Å². The first-order chi connectivity index (χ1) is 10.5. The Balaban J connectivity index is 0.000000403. The second-order valence-electron chi connectivity index (χ2n) is 5.89. The quantitative estimate of drug-likeness (QED) is 0.550. The minimum absolute atomic E-state index is 0. The first-order valence-corrected chi connectivity index (χ1v) is 7.85. The predicted octanol–water partition coefficient (Wildman–Crippen LogP) is 6.21. The fourth-order valence-corrected chi connectivity index (χ4v) is 2.16. The molecule has 2 rings (SSSR count). The van der Waals surface area contributed by atoms with Crippen molar-refractivity contribution in [2.24, 2.45) is 0 Å². The molecule has 0 spiro atoms. The number of nitrogens with one attached hydrogen (secondary N) is 1. The Morgan fingerprint density at radius 2 is 1.52 bits per heavy atom. The molecule has 0 aliphatic rings. The molecule has 0 aliphatic carbocycles. The number of aryl methyl sites for hydroxylation is 2. The van der Waals surface area contributed by atoms with Crippen LogP contribution in [0.2, 0.25) is 0 Å². The largest absolute Gasteiger partial charge is 2.00 e. The summed E-state index contributed by atoms with van der Waals surface area (Å²) < 4.78 is 0. The third-order valence-corrected chi connectivity index (χ3v) is 3.89. The van der Waals surface area contributed by atoms with Gasteiger partial charge in [0, 0.05) is 0 Å². The van der Waals surface area contributed by atoms with Gasteiger partial charge in [0.05, 0.1) is 0 Å². The molecule has 126 valence electrons. The molecule has 0 heterocycles. The summed E-state index contributed by atoms with van der Waals surface area (Å²) in [5, 5.41) is 4.09. The Morgan fingerprint density at radius 3 is 1.96 bits per heavy atom. The van der Waals surface area contributed by atoms with E-state index in [1.165, 1.54) is 16.7 Å². The number of likely N-dealkylation sites (N-methyl/N-ethyl adjacent to an activating group) is 1. The molecule has 0 saturated heterocycles. The SMILES string of the molecule is C[N-][C@@H](C[NH-])c1ccccc1.Cc1ccc(C(C)C)cc1C.[Ru+2]. The fourth-order valence-electron chi connectivity index (χ4n) is 2.16. The zero-order chi connectivity index (χ0) is 16.5. The van der Waals surface area contributed by atoms with Crippen LogP contribution in [0.1, 0.15) is 48.1 Å². The predicted molar refractivity (Wildman–Crippen MR) is 97.7 cm³/mol. The van der Waals surface area contributed by atoms with Crippen LogP contribution in [0.15, 0.2) is 48.5 Å². The van der Waals surface area contributed by atoms with Crippen LogP contribution in [0.25, 0.3) is 11.1 Å². The summed E-state index contributed by atoms with van der Waals surface area (Å²) >= 11 is 0. The van der Waals surface area contributed by atoms with Gasteiger partial charge in [0.2, 0.25) is 0 Å². The van der Waals surface area contributed by atoms with Crippen molar-refractivity contribution in [2.75, 3.05) is 13.6 Å². The molecular weight excluding hydrogens is 369 g/mol. The van der Waals surface area contributed by atoms with Crippen molar-refractivity contribution in [2.45, 2.75) is 39.7 Å². The van der Waals surface area contributed by atoms with Gasteiger partial charge in [0.15, 0.2) is 0 Å². The standard InChI is InChI=1S/C11H16.C9H12N2.Ru/c1-8(2)11-6-5-9(3)10(4)7-11;1-11-9(7-10)8-5-3-2-4-6-8;/h5-8H,1-4H3;2-6,9-10H,7H2,1H3;/q;-2;+2/t;9-;/m.0./s1. The second kappa shape index (κ2) is 11.5. The molecule has 0 radical (unpaired) electrons. The smallest absolute Gasteiger partial charge is 0.678 e. The maximum Gasteiger partial charge on any atom is 2.00 e. The number of hydrogen-bond acceptors (Lipinski definition) is 0. The number of nitrogens with zero attached hydrogens (tertiary/aromatic N) is 1. The molecule has 0 unspecified atom stereocenters. The number of rotatable bonds is 4. The summed E-state index contributed by atoms with van der Waals surface area (Å²) in [7, 11) is 1.76. The molecule has 1 atom stereocenters. The van der Waals surface area contributed by atoms with Gasteiger partial charge in [-0.15, -0.1) is 6.04 Å². The van der Waals surface area contributed by atoms with Gasteiger partial charge in [-0.1, -0.05) is 67.9 Å². The van der Waals surface area contributed by atoms with Gasteiger partial charge in [-0.05, 0) is 36.5 Å². The summed E-state index contributed by atoms with van der Waals surface area (Å²) in [6.45, 7) is 9.11. The van der Waals surface area contributed by atoms with Gasteiger partial charge in [-0.25, -0.2) is 0 Å². The van der Waals surface area contributed by atoms with E-state index in [1.807, 2.05) is 30.3 Å². The molecule has 0 amide bonds. The van der Waals surface area contributed by atoms with E-state index in [1.54, 1.807) is 7.05 Å². The molecule has 23 heavy (non-hydrogen) atoms. The zero-order valence-electron chi connectivity index (χ0n) is 14.8. The van der Waals surface area contributed by atoms with Crippen LogP contribution in [0, 0.1) is 13.8 Å². The average molecular weight is 398 g/mol. The van der Waals surface area contributed by atoms with E-state index in [2.05, 4.69) is 51.2 Å². The molecule has 1 N–H and O–H groups in total. The summed E-state index contributed by atoms with van der Waals surface area (Å²) in [5.74, 6) is 0.647. The molecular formula is C20H28N2Ru. The second-order valence-corrected chi connectivity index (χ2v) is 5.89. The minimum Gasteiger partial charge on any atom is -0.678 e. The molecule has 3 heteroatoms. The van der Waals surface area contributed by atoms with Crippen molar-refractivity contribution in [1.29, 1.82) is 0 Å². The van der Waals surface area contributed by atoms with Gasteiger partial charge in [-0.3, -0.25) is 0 Å². The normalized spacial score (nSPS) is 11.3. The molecule has 0 bridgehead atoms. The third kappa shape index (κ3) is 7.39. The molecule has 0 aromatic heterocycles. The van der Waals surface area contributed by atoms with Crippen LogP contribution in [-0.2, 0) is 19.5 Å². The minimum atomic E-state index is 0. The molecule has 2 aromatic rings. The monoisotopic (exact) mass is 398 g/mol. The van der Waals surface area contributed by atoms with Crippen LogP contribution in [0.3, 0.4) is 0 Å². The molecule has 0 aliphatic heterocycles. The van der Waals surface area contributed by atoms with Gasteiger partial charge in [-0.2, -0.15) is 13.6 Å². The van der Waals surface area contributed by atoms with Gasteiger partial charge >= 0.3 is 19.5 Å². The van der Waals surface area contributed by atoms with Crippen LogP contribution in [-0.4, -0.2) is 13.6 Å². The summed E-state index contributed by atoms with van der Waals surface area (Å²) in [5.41, 5.74) is 12.6. The summed E-state index contributed by atoms with van der Waals surface area (Å²) in [6, 6.07) is 16.7. The van der Waals surface area contributed by atoms with E-state index in [9.17, 15) is 0 Å². The molecule has 0 saturated carbocycles. The van der Waals surface area contributed by atoms with E-state index in [-0.39, 0.29) is 25.5 Å². The van der Waals surface area contributed by atoms with Crippen LogP contribution < -0.4 is 0 Å². The van der Waals surface area contributed by atoms with E-state index in [0.29, 0.717) is 12.5 Å². The fraction of sp³-hybridized carbons (Fsp3) is 0.400. The van der Waals surface area contributed by atoms with Crippen LogP contribution in [0.5, 0.6) is 0 Å². The zero-order valence-corrected chi connectivity index (χ0v) is 16.5. The molecule has 2 nitrogen and oxygen atoms in total. The Morgan fingerprint density at radius 1 is 0.913 bits per heavy atom. The van der Waals surface area contributed by atoms with Gasteiger partial charge in [0.1, 0.15) is 0 Å². The number of benzene rings is 2. The first kappa shape index (κ1) is 22.0. The van der Waals surface area contributed by atoms with Crippen molar-refractivity contribution < 1.29 is 19.5 Å². The van der Waals surface area contributed by atoms with Crippen LogP contribution in [0.4, 0.5) is 0 Å². The Labute approximate surface area is 154 Å². The van der Waals surface area contributed by atoms with E-state index < -0.39 is 0 Å². The summed E-state index contributed by atoms with van der Waals surface area (Å²) in [4.78, 5) is 0. The topological polar surface area (TPSA) is 37.9 Å². The number of hydrogen-bond donors (Lipinski definition) is 0. The maximum absolute atomic E-state index is 7.20. The molecule has 2 aromatic carbocycles. The van der Waals surface area contributed by atoms with E-state index in [4.69, 9.17) is 5.73 Å². The molecule has 0 fully saturated rings. The summed E-state index contributed by atoms with van der Waals surface area (Å²) in [6.07, 6.45) is 0. The Kier molecular flexibility index (Phi) is 11.0. The van der Waals surface area contributed by atoms with Gasteiger partial charge < -0.3 is 11.1 Å². The van der Waals surface area contributed by atoms with Crippen molar-refractivity contribution in [3.63, 3.8) is 0 Å². The third-order valence-electron chi connectivity index (χ3n) is 3.89. The van der Waals surface area contributed by atoms with Crippen molar-refractivity contribution in [3.05, 3.63) is 81.8 Å².